The van der Waals surface area contributed by atoms with Gasteiger partial charge in [0.05, 0.1) is 24.7 Å². The molecule has 0 atom stereocenters. The van der Waals surface area contributed by atoms with Crippen molar-refractivity contribution in [1.29, 1.82) is 0 Å². The molecule has 142 valence electrons. The molecule has 0 fully saturated rings. The van der Waals surface area contributed by atoms with Crippen molar-refractivity contribution in [2.75, 3.05) is 18.5 Å². The van der Waals surface area contributed by atoms with Crippen LogP contribution in [0, 0.1) is 0 Å². The maximum atomic E-state index is 9.10. The minimum atomic E-state index is -0.0933. The molecule has 5 heteroatoms. The zero-order valence-electron chi connectivity index (χ0n) is 15.9. The number of aromatic nitrogens is 2. The number of ether oxygens (including phenoxy) is 1. The van der Waals surface area contributed by atoms with Gasteiger partial charge < -0.3 is 14.7 Å². The maximum Gasteiger partial charge on any atom is 0.146 e. The first-order valence-corrected chi connectivity index (χ1v) is 9.40. The van der Waals surface area contributed by atoms with Gasteiger partial charge in [-0.05, 0) is 29.2 Å². The third-order valence-electron chi connectivity index (χ3n) is 4.93. The largest absolute Gasteiger partial charge is 0.488 e. The summed E-state index contributed by atoms with van der Waals surface area (Å²) in [6.07, 6.45) is 6.44. The SMILES string of the molecule is CN(CC/C=C1/c2ccccc2COc2ccccc21)c1cnc(CO)cn1. The lowest BCUT2D eigenvalue weighted by molar-refractivity contribution is 0.276. The molecule has 5 nitrogen and oxygen atoms in total. The van der Waals surface area contributed by atoms with Crippen LogP contribution in [-0.2, 0) is 13.2 Å². The molecule has 0 unspecified atom stereocenters. The lowest BCUT2D eigenvalue weighted by atomic mass is 9.93. The summed E-state index contributed by atoms with van der Waals surface area (Å²) < 4.78 is 6.03. The van der Waals surface area contributed by atoms with Gasteiger partial charge in [-0.3, -0.25) is 4.98 Å². The number of nitrogens with zero attached hydrogens (tertiary/aromatic N) is 3. The molecule has 4 rings (SSSR count). The Bertz CT molecular complexity index is 934. The van der Waals surface area contributed by atoms with Crippen LogP contribution in [-0.4, -0.2) is 28.7 Å². The van der Waals surface area contributed by atoms with Gasteiger partial charge in [-0.15, -0.1) is 0 Å². The third kappa shape index (κ3) is 3.75. The molecule has 0 spiro atoms. The van der Waals surface area contributed by atoms with Crippen molar-refractivity contribution >= 4 is 11.4 Å². The first kappa shape index (κ1) is 18.2. The number of aliphatic hydroxyl groups excluding tert-OH is 1. The van der Waals surface area contributed by atoms with Crippen LogP contribution in [0.15, 0.2) is 67.0 Å². The van der Waals surface area contributed by atoms with Crippen LogP contribution in [0.5, 0.6) is 5.75 Å². The molecule has 0 bridgehead atoms. The van der Waals surface area contributed by atoms with E-state index in [0.717, 1.165) is 30.1 Å². The Kier molecular flexibility index (Phi) is 5.35. The van der Waals surface area contributed by atoms with Crippen LogP contribution in [0.2, 0.25) is 0 Å². The van der Waals surface area contributed by atoms with E-state index in [2.05, 4.69) is 51.3 Å². The van der Waals surface area contributed by atoms with Gasteiger partial charge in [0, 0.05) is 19.2 Å². The van der Waals surface area contributed by atoms with Crippen LogP contribution in [0.1, 0.15) is 28.8 Å². The number of anilines is 1. The molecule has 1 aliphatic heterocycles. The number of hydrogen-bond acceptors (Lipinski definition) is 5. The topological polar surface area (TPSA) is 58.5 Å². The Morgan fingerprint density at radius 2 is 1.82 bits per heavy atom. The Morgan fingerprint density at radius 3 is 2.61 bits per heavy atom. The lowest BCUT2D eigenvalue weighted by Gasteiger charge is -2.17. The predicted octanol–water partition coefficient (Wildman–Crippen LogP) is 3.82. The predicted molar refractivity (Wildman–Crippen MR) is 110 cm³/mol. The fraction of sp³-hybridized carbons (Fsp3) is 0.217. The van der Waals surface area contributed by atoms with Crippen molar-refractivity contribution in [3.63, 3.8) is 0 Å². The summed E-state index contributed by atoms with van der Waals surface area (Å²) in [7, 11) is 2.00. The molecule has 3 aromatic rings. The highest BCUT2D eigenvalue weighted by Gasteiger charge is 2.18. The van der Waals surface area contributed by atoms with E-state index in [4.69, 9.17) is 9.84 Å². The fourth-order valence-corrected chi connectivity index (χ4v) is 3.39. The molecular weight excluding hydrogens is 350 g/mol. The standard InChI is InChI=1S/C23H23N3O2/c1-26(23-14-24-18(15-27)13-25-23)12-6-10-20-19-8-3-2-7-17(19)16-28-22-11-5-4-9-21(20)22/h2-5,7-11,13-14,27H,6,12,15-16H2,1H3/b20-10-. The van der Waals surface area contributed by atoms with Crippen molar-refractivity contribution in [3.05, 3.63) is 89.4 Å². The Balaban J connectivity index is 1.58. The van der Waals surface area contributed by atoms with Crippen LogP contribution in [0.25, 0.3) is 5.57 Å². The van der Waals surface area contributed by atoms with E-state index >= 15 is 0 Å². The number of aliphatic hydroxyl groups is 1. The first-order valence-electron chi connectivity index (χ1n) is 9.40. The van der Waals surface area contributed by atoms with Gasteiger partial charge in [0.2, 0.25) is 0 Å². The first-order chi connectivity index (χ1) is 13.8. The van der Waals surface area contributed by atoms with Gasteiger partial charge in [-0.1, -0.05) is 48.5 Å². The molecule has 28 heavy (non-hydrogen) atoms. The fourth-order valence-electron chi connectivity index (χ4n) is 3.39. The van der Waals surface area contributed by atoms with Crippen LogP contribution in [0.3, 0.4) is 0 Å². The molecule has 1 aromatic heterocycles. The smallest absolute Gasteiger partial charge is 0.146 e. The molecule has 0 amide bonds. The second kappa shape index (κ2) is 8.23. The Morgan fingerprint density at radius 1 is 1.04 bits per heavy atom. The van der Waals surface area contributed by atoms with Crippen molar-refractivity contribution in [1.82, 2.24) is 9.97 Å². The second-order valence-electron chi connectivity index (χ2n) is 6.79. The highest BCUT2D eigenvalue weighted by Crippen LogP contribution is 2.36. The second-order valence-corrected chi connectivity index (χ2v) is 6.79. The quantitative estimate of drug-likeness (QED) is 0.737. The molecule has 0 saturated heterocycles. The molecule has 1 aliphatic rings. The van der Waals surface area contributed by atoms with E-state index in [1.807, 2.05) is 25.2 Å². The number of rotatable bonds is 5. The summed E-state index contributed by atoms with van der Waals surface area (Å²) in [5, 5.41) is 9.10. The van der Waals surface area contributed by atoms with E-state index in [1.165, 1.54) is 16.7 Å². The van der Waals surface area contributed by atoms with Crippen molar-refractivity contribution < 1.29 is 9.84 Å². The summed E-state index contributed by atoms with van der Waals surface area (Å²) in [4.78, 5) is 10.6. The summed E-state index contributed by atoms with van der Waals surface area (Å²) in [6.45, 7) is 1.29. The van der Waals surface area contributed by atoms with Crippen molar-refractivity contribution in [2.24, 2.45) is 0 Å². The van der Waals surface area contributed by atoms with E-state index in [1.54, 1.807) is 12.4 Å². The zero-order chi connectivity index (χ0) is 19.3. The summed E-state index contributed by atoms with van der Waals surface area (Å²) >= 11 is 0. The average molecular weight is 373 g/mol. The number of fused-ring (bicyclic) bond motifs is 2. The molecular formula is C23H23N3O2. The molecule has 0 aliphatic carbocycles. The highest BCUT2D eigenvalue weighted by atomic mass is 16.5. The van der Waals surface area contributed by atoms with Crippen LogP contribution < -0.4 is 9.64 Å². The molecule has 1 N–H and O–H groups in total. The van der Waals surface area contributed by atoms with Gasteiger partial charge in [-0.25, -0.2) is 4.98 Å². The minimum absolute atomic E-state index is 0.0933. The summed E-state index contributed by atoms with van der Waals surface area (Å²) in [5.74, 6) is 1.71. The molecule has 2 heterocycles. The highest BCUT2D eigenvalue weighted by molar-refractivity contribution is 5.84. The monoisotopic (exact) mass is 373 g/mol. The van der Waals surface area contributed by atoms with Gasteiger partial charge in [0.25, 0.3) is 0 Å². The Hall–Kier alpha value is -3.18. The molecule has 2 aromatic carbocycles. The minimum Gasteiger partial charge on any atom is -0.488 e. The van der Waals surface area contributed by atoms with Crippen LogP contribution in [0.4, 0.5) is 5.82 Å². The molecule has 0 saturated carbocycles. The van der Waals surface area contributed by atoms with E-state index in [0.29, 0.717) is 12.3 Å². The third-order valence-corrected chi connectivity index (χ3v) is 4.93. The zero-order valence-corrected chi connectivity index (χ0v) is 15.9. The van der Waals surface area contributed by atoms with E-state index < -0.39 is 0 Å². The average Bonchev–Trinajstić information content (AvgIpc) is 2.91. The van der Waals surface area contributed by atoms with Gasteiger partial charge in [-0.2, -0.15) is 0 Å². The van der Waals surface area contributed by atoms with Gasteiger partial charge >= 0.3 is 0 Å². The summed E-state index contributed by atoms with van der Waals surface area (Å²) in [6, 6.07) is 16.6. The van der Waals surface area contributed by atoms with Crippen LogP contribution >= 0.6 is 0 Å². The summed E-state index contributed by atoms with van der Waals surface area (Å²) in [5.41, 5.74) is 5.33. The Labute approximate surface area is 165 Å². The number of benzene rings is 2. The van der Waals surface area contributed by atoms with Gasteiger partial charge in [0.1, 0.15) is 18.2 Å². The normalized spacial score (nSPS) is 14.0. The van der Waals surface area contributed by atoms with E-state index in [9.17, 15) is 0 Å². The van der Waals surface area contributed by atoms with E-state index in [-0.39, 0.29) is 6.61 Å². The molecule has 0 radical (unpaired) electrons. The van der Waals surface area contributed by atoms with Gasteiger partial charge in [0.15, 0.2) is 0 Å². The number of para-hydroxylation sites is 1. The van der Waals surface area contributed by atoms with Crippen molar-refractivity contribution in [2.45, 2.75) is 19.6 Å². The number of hydrogen-bond donors (Lipinski definition) is 1. The van der Waals surface area contributed by atoms with Crippen molar-refractivity contribution in [3.8, 4) is 5.75 Å². The maximum absolute atomic E-state index is 9.10. The lowest BCUT2D eigenvalue weighted by Crippen LogP contribution is -2.19.